The van der Waals surface area contributed by atoms with Gasteiger partial charge in [0.05, 0.1) is 12.7 Å². The minimum Gasteiger partial charge on any atom is -0.481 e. The van der Waals surface area contributed by atoms with E-state index in [-0.39, 0.29) is 5.91 Å². The van der Waals surface area contributed by atoms with Crippen molar-refractivity contribution in [2.24, 2.45) is 0 Å². The van der Waals surface area contributed by atoms with Crippen LogP contribution < -0.4 is 10.1 Å². The summed E-state index contributed by atoms with van der Waals surface area (Å²) in [6.07, 6.45) is 6.36. The van der Waals surface area contributed by atoms with E-state index in [4.69, 9.17) is 4.74 Å². The van der Waals surface area contributed by atoms with Crippen LogP contribution in [-0.4, -0.2) is 33.0 Å². The fourth-order valence-corrected chi connectivity index (χ4v) is 2.58. The van der Waals surface area contributed by atoms with Gasteiger partial charge < -0.3 is 10.1 Å². The molecule has 3 aromatic heterocycles. The lowest BCUT2D eigenvalue weighted by Crippen LogP contribution is -2.24. The molecular formula is C19H19N5O2. The number of carbonyl (C=O) groups excluding carboxylic acids is 1. The molecule has 0 fully saturated rings. The first-order valence-corrected chi connectivity index (χ1v) is 8.10. The zero-order chi connectivity index (χ0) is 18.5. The van der Waals surface area contributed by atoms with Crippen molar-refractivity contribution < 1.29 is 9.53 Å². The fraction of sp³-hybridized carbons (Fsp3) is 0.211. The Labute approximate surface area is 151 Å². The molecule has 0 aliphatic heterocycles. The van der Waals surface area contributed by atoms with Gasteiger partial charge in [-0.1, -0.05) is 0 Å². The Bertz CT molecular complexity index is 911. The predicted molar refractivity (Wildman–Crippen MR) is 96.7 cm³/mol. The van der Waals surface area contributed by atoms with E-state index in [0.29, 0.717) is 23.8 Å². The number of aryl methyl sites for hydroxylation is 2. The standard InChI is InChI=1S/C19H19N5O2/c1-12-8-13(2)24-19(26-3)16(12)11-23-18(25)15-9-21-17(22-10-15)14-4-6-20-7-5-14/h4-10H,11H2,1-3H3,(H,23,25). The van der Waals surface area contributed by atoms with Crippen LogP contribution in [0.25, 0.3) is 11.4 Å². The Kier molecular flexibility index (Phi) is 5.17. The van der Waals surface area contributed by atoms with Gasteiger partial charge in [-0.2, -0.15) is 0 Å². The average molecular weight is 349 g/mol. The number of hydrogen-bond acceptors (Lipinski definition) is 6. The number of amides is 1. The molecule has 3 heterocycles. The highest BCUT2D eigenvalue weighted by atomic mass is 16.5. The molecule has 0 aromatic carbocycles. The van der Waals surface area contributed by atoms with Gasteiger partial charge in [0.1, 0.15) is 0 Å². The smallest absolute Gasteiger partial charge is 0.254 e. The van der Waals surface area contributed by atoms with Crippen LogP contribution in [0.3, 0.4) is 0 Å². The molecule has 3 aromatic rings. The molecule has 7 nitrogen and oxygen atoms in total. The van der Waals surface area contributed by atoms with Crippen LogP contribution >= 0.6 is 0 Å². The quantitative estimate of drug-likeness (QED) is 0.761. The van der Waals surface area contributed by atoms with Crippen LogP contribution in [-0.2, 0) is 6.54 Å². The monoisotopic (exact) mass is 349 g/mol. The lowest BCUT2D eigenvalue weighted by atomic mass is 10.1. The molecule has 0 bridgehead atoms. The molecule has 0 saturated carbocycles. The van der Waals surface area contributed by atoms with Crippen LogP contribution in [0.15, 0.2) is 43.0 Å². The number of rotatable bonds is 5. The first-order chi connectivity index (χ1) is 12.6. The molecule has 0 saturated heterocycles. The Balaban J connectivity index is 1.71. The largest absolute Gasteiger partial charge is 0.481 e. The summed E-state index contributed by atoms with van der Waals surface area (Å²) in [5, 5.41) is 2.86. The summed E-state index contributed by atoms with van der Waals surface area (Å²) in [6, 6.07) is 5.58. The molecule has 3 rings (SSSR count). The van der Waals surface area contributed by atoms with Gasteiger partial charge >= 0.3 is 0 Å². The third-order valence-electron chi connectivity index (χ3n) is 3.91. The summed E-state index contributed by atoms with van der Waals surface area (Å²) in [5.74, 6) is 0.810. The van der Waals surface area contributed by atoms with Gasteiger partial charge in [0.2, 0.25) is 5.88 Å². The topological polar surface area (TPSA) is 89.9 Å². The second kappa shape index (κ2) is 7.69. The highest BCUT2D eigenvalue weighted by molar-refractivity contribution is 5.93. The predicted octanol–water partition coefficient (Wildman–Crippen LogP) is 2.49. The molecule has 26 heavy (non-hydrogen) atoms. The Morgan fingerprint density at radius 1 is 1.15 bits per heavy atom. The van der Waals surface area contributed by atoms with Crippen LogP contribution in [0.2, 0.25) is 0 Å². The minimum atomic E-state index is -0.256. The van der Waals surface area contributed by atoms with Crippen molar-refractivity contribution >= 4 is 5.91 Å². The summed E-state index contributed by atoms with van der Waals surface area (Å²) >= 11 is 0. The Hall–Kier alpha value is -3.35. The first kappa shape index (κ1) is 17.5. The summed E-state index contributed by atoms with van der Waals surface area (Å²) in [4.78, 5) is 29.2. The van der Waals surface area contributed by atoms with Gasteiger partial charge in [0, 0.05) is 48.2 Å². The molecule has 0 spiro atoms. The molecule has 0 aliphatic carbocycles. The molecule has 132 valence electrons. The maximum atomic E-state index is 12.4. The van der Waals surface area contributed by atoms with E-state index in [9.17, 15) is 4.79 Å². The van der Waals surface area contributed by atoms with Crippen LogP contribution in [0.5, 0.6) is 5.88 Å². The van der Waals surface area contributed by atoms with Crippen molar-refractivity contribution in [3.63, 3.8) is 0 Å². The summed E-state index contributed by atoms with van der Waals surface area (Å²) in [6.45, 7) is 4.18. The van der Waals surface area contributed by atoms with Crippen LogP contribution in [0, 0.1) is 13.8 Å². The number of hydrogen-bond donors (Lipinski definition) is 1. The molecule has 0 atom stereocenters. The summed E-state index contributed by atoms with van der Waals surface area (Å²) in [5.41, 5.74) is 3.96. The second-order valence-electron chi connectivity index (χ2n) is 5.78. The second-order valence-corrected chi connectivity index (χ2v) is 5.78. The highest BCUT2D eigenvalue weighted by Crippen LogP contribution is 2.20. The third kappa shape index (κ3) is 3.83. The van der Waals surface area contributed by atoms with Gasteiger partial charge in [0.15, 0.2) is 5.82 Å². The number of carbonyl (C=O) groups is 1. The maximum Gasteiger partial charge on any atom is 0.254 e. The molecule has 1 amide bonds. The SMILES string of the molecule is COc1nc(C)cc(C)c1CNC(=O)c1cnc(-c2ccncc2)nc1. The summed E-state index contributed by atoms with van der Waals surface area (Å²) < 4.78 is 5.32. The van der Waals surface area contributed by atoms with Gasteiger partial charge in [0.25, 0.3) is 5.91 Å². The van der Waals surface area contributed by atoms with E-state index in [1.807, 2.05) is 32.0 Å². The van der Waals surface area contributed by atoms with Crippen molar-refractivity contribution in [2.45, 2.75) is 20.4 Å². The van der Waals surface area contributed by atoms with Gasteiger partial charge in [-0.25, -0.2) is 15.0 Å². The molecule has 0 aliphatic rings. The van der Waals surface area contributed by atoms with Crippen molar-refractivity contribution in [1.29, 1.82) is 0 Å². The molecule has 0 unspecified atom stereocenters. The van der Waals surface area contributed by atoms with E-state index in [1.54, 1.807) is 19.5 Å². The number of ether oxygens (including phenoxy) is 1. The van der Waals surface area contributed by atoms with Gasteiger partial charge in [-0.05, 0) is 37.6 Å². The minimum absolute atomic E-state index is 0.256. The highest BCUT2D eigenvalue weighted by Gasteiger charge is 2.13. The zero-order valence-corrected chi connectivity index (χ0v) is 14.9. The van der Waals surface area contributed by atoms with Crippen LogP contribution in [0.1, 0.15) is 27.2 Å². The molecule has 0 radical (unpaired) electrons. The number of nitrogens with one attached hydrogen (secondary N) is 1. The summed E-state index contributed by atoms with van der Waals surface area (Å²) in [7, 11) is 1.57. The van der Waals surface area contributed by atoms with Crippen molar-refractivity contribution in [3.05, 3.63) is 65.4 Å². The number of methoxy groups -OCH3 is 1. The zero-order valence-electron chi connectivity index (χ0n) is 14.9. The van der Waals surface area contributed by atoms with E-state index >= 15 is 0 Å². The Morgan fingerprint density at radius 2 is 1.85 bits per heavy atom. The molecule has 1 N–H and O–H groups in total. The van der Waals surface area contributed by atoms with Crippen molar-refractivity contribution in [1.82, 2.24) is 25.3 Å². The number of pyridine rings is 2. The Morgan fingerprint density at radius 3 is 2.50 bits per heavy atom. The first-order valence-electron chi connectivity index (χ1n) is 8.10. The maximum absolute atomic E-state index is 12.4. The van der Waals surface area contributed by atoms with Crippen molar-refractivity contribution in [3.8, 4) is 17.3 Å². The lowest BCUT2D eigenvalue weighted by molar-refractivity contribution is 0.0950. The van der Waals surface area contributed by atoms with E-state index in [0.717, 1.165) is 22.4 Å². The van der Waals surface area contributed by atoms with Crippen molar-refractivity contribution in [2.75, 3.05) is 7.11 Å². The van der Waals surface area contributed by atoms with Crippen LogP contribution in [0.4, 0.5) is 0 Å². The third-order valence-corrected chi connectivity index (χ3v) is 3.91. The lowest BCUT2D eigenvalue weighted by Gasteiger charge is -2.12. The molecular weight excluding hydrogens is 330 g/mol. The average Bonchev–Trinajstić information content (AvgIpc) is 2.67. The number of aromatic nitrogens is 4. The molecule has 7 heteroatoms. The number of nitrogens with zero attached hydrogens (tertiary/aromatic N) is 4. The van der Waals surface area contributed by atoms with Gasteiger partial charge in [-0.15, -0.1) is 0 Å². The fourth-order valence-electron chi connectivity index (χ4n) is 2.58. The van der Waals surface area contributed by atoms with E-state index in [1.165, 1.54) is 12.4 Å². The normalized spacial score (nSPS) is 10.4. The van der Waals surface area contributed by atoms with E-state index < -0.39 is 0 Å². The van der Waals surface area contributed by atoms with Gasteiger partial charge in [-0.3, -0.25) is 9.78 Å². The van der Waals surface area contributed by atoms with E-state index in [2.05, 4.69) is 25.3 Å².